The van der Waals surface area contributed by atoms with Gasteiger partial charge < -0.3 is 14.6 Å². The Labute approximate surface area is 261 Å². The summed E-state index contributed by atoms with van der Waals surface area (Å²) in [5, 5.41) is 9.03. The highest BCUT2D eigenvalue weighted by Gasteiger charge is 2.53. The summed E-state index contributed by atoms with van der Waals surface area (Å²) in [5.41, 5.74) is 8.30. The van der Waals surface area contributed by atoms with Crippen molar-refractivity contribution in [3.63, 3.8) is 0 Å². The van der Waals surface area contributed by atoms with Crippen LogP contribution in [0.5, 0.6) is 5.75 Å². The van der Waals surface area contributed by atoms with Crippen LogP contribution in [-0.2, 0) is 21.7 Å². The van der Waals surface area contributed by atoms with Crippen molar-refractivity contribution >= 4 is 23.6 Å². The Kier molecular flexibility index (Phi) is 11.0. The third kappa shape index (κ3) is 8.05. The highest BCUT2D eigenvalue weighted by Crippen LogP contribution is 2.42. The summed E-state index contributed by atoms with van der Waals surface area (Å²) in [6.45, 7) is 1.02. The van der Waals surface area contributed by atoms with E-state index in [-0.39, 0.29) is 18.3 Å². The first-order chi connectivity index (χ1) is 21.6. The first-order valence-electron chi connectivity index (χ1n) is 14.6. The van der Waals surface area contributed by atoms with E-state index >= 15 is 0 Å². The number of carbonyl (C=O) groups is 1. The molecule has 1 amide bonds. The Bertz CT molecular complexity index is 1510. The number of nitrogens with zero attached hydrogens (tertiary/aromatic N) is 1. The molecular formula is C35H36FN3O4S. The molecular weight excluding hydrogens is 577 g/mol. The molecule has 1 heterocycles. The molecule has 2 atom stereocenters. The number of hydrogen-bond donors (Lipinski definition) is 3. The van der Waals surface area contributed by atoms with E-state index in [2.05, 4.69) is 10.9 Å². The third-order valence-electron chi connectivity index (χ3n) is 7.20. The Morgan fingerprint density at radius 3 is 2.34 bits per heavy atom. The summed E-state index contributed by atoms with van der Waals surface area (Å²) in [6.07, 6.45) is 0.203. The van der Waals surface area contributed by atoms with Gasteiger partial charge in [0.05, 0.1) is 6.61 Å². The molecule has 0 radical (unpaired) electrons. The number of thioether (sulfide) groups is 1. The quantitative estimate of drug-likeness (QED) is 0.119. The summed E-state index contributed by atoms with van der Waals surface area (Å²) in [4.78, 5) is 19.2. The lowest BCUT2D eigenvalue weighted by Crippen LogP contribution is -2.54. The lowest BCUT2D eigenvalue weighted by Gasteiger charge is -2.30. The van der Waals surface area contributed by atoms with Gasteiger partial charge in [-0.3, -0.25) is 10.2 Å². The van der Waals surface area contributed by atoms with E-state index in [4.69, 9.17) is 19.6 Å². The number of carbonyl (C=O) groups excluding carboxylic acids is 1. The van der Waals surface area contributed by atoms with Crippen molar-refractivity contribution in [2.24, 2.45) is 4.99 Å². The fourth-order valence-electron chi connectivity index (χ4n) is 4.96. The van der Waals surface area contributed by atoms with Crippen molar-refractivity contribution in [1.82, 2.24) is 10.9 Å². The number of aliphatic imine (C=N–C) groups is 1. The molecule has 1 aliphatic rings. The monoisotopic (exact) mass is 613 g/mol. The zero-order valence-corrected chi connectivity index (χ0v) is 25.1. The van der Waals surface area contributed by atoms with Gasteiger partial charge in [0, 0.05) is 43.1 Å². The number of nitrogens with one attached hydrogen (secondary N) is 2. The zero-order valence-electron chi connectivity index (χ0n) is 24.3. The van der Waals surface area contributed by atoms with E-state index < -0.39 is 11.6 Å². The molecule has 44 heavy (non-hydrogen) atoms. The van der Waals surface area contributed by atoms with Gasteiger partial charge in [-0.2, -0.15) is 11.8 Å². The Balaban J connectivity index is 1.36. The maximum atomic E-state index is 14.2. The standard InChI is InChI=1S/C35H36FN3O4S/c36-30-16-12-27(13-17-30)25-44-23-20-37-39-34(41)35(24-26-8-3-1-4-9-26)32(28-10-5-2-6-11-28)43-33(38-35)29-14-18-31(19-15-29)42-22-7-21-40/h1-6,8-19,32,37,40H,7,20-25H2,(H,39,41)/t32-,35-/m0/s1. The molecule has 0 bridgehead atoms. The molecule has 4 aromatic rings. The maximum Gasteiger partial charge on any atom is 0.266 e. The third-order valence-corrected chi connectivity index (χ3v) is 8.23. The van der Waals surface area contributed by atoms with Crippen molar-refractivity contribution < 1.29 is 23.8 Å². The second kappa shape index (κ2) is 15.5. The first-order valence-corrected chi connectivity index (χ1v) is 15.8. The Hall–Kier alpha value is -4.18. The van der Waals surface area contributed by atoms with Crippen LogP contribution in [0.4, 0.5) is 4.39 Å². The summed E-state index contributed by atoms with van der Waals surface area (Å²) in [7, 11) is 0. The van der Waals surface area contributed by atoms with Crippen LogP contribution in [0.15, 0.2) is 114 Å². The highest BCUT2D eigenvalue weighted by molar-refractivity contribution is 7.98. The number of amides is 1. The van der Waals surface area contributed by atoms with Gasteiger partial charge in [-0.15, -0.1) is 0 Å². The second-order valence-electron chi connectivity index (χ2n) is 10.4. The van der Waals surface area contributed by atoms with Crippen LogP contribution in [0, 0.1) is 5.82 Å². The molecule has 3 N–H and O–H groups in total. The molecule has 0 aromatic heterocycles. The molecule has 4 aromatic carbocycles. The minimum Gasteiger partial charge on any atom is -0.494 e. The summed E-state index contributed by atoms with van der Waals surface area (Å²) in [5.74, 6) is 2.00. The minimum atomic E-state index is -1.29. The number of aliphatic hydroxyl groups excluding tert-OH is 1. The predicted molar refractivity (Wildman–Crippen MR) is 172 cm³/mol. The zero-order chi connectivity index (χ0) is 30.6. The van der Waals surface area contributed by atoms with Crippen LogP contribution >= 0.6 is 11.8 Å². The van der Waals surface area contributed by atoms with Crippen molar-refractivity contribution in [3.05, 3.63) is 137 Å². The second-order valence-corrected chi connectivity index (χ2v) is 11.5. The molecule has 7 nitrogen and oxygen atoms in total. The van der Waals surface area contributed by atoms with Crippen molar-refractivity contribution in [2.45, 2.75) is 30.2 Å². The van der Waals surface area contributed by atoms with Gasteiger partial charge in [-0.25, -0.2) is 14.8 Å². The van der Waals surface area contributed by atoms with Crippen molar-refractivity contribution in [1.29, 1.82) is 0 Å². The van der Waals surface area contributed by atoms with Gasteiger partial charge in [-0.05, 0) is 53.1 Å². The molecule has 0 fully saturated rings. The van der Waals surface area contributed by atoms with Crippen LogP contribution in [-0.4, -0.2) is 48.0 Å². The lowest BCUT2D eigenvalue weighted by molar-refractivity contribution is -0.130. The van der Waals surface area contributed by atoms with E-state index in [9.17, 15) is 9.18 Å². The summed E-state index contributed by atoms with van der Waals surface area (Å²) >= 11 is 1.69. The molecule has 5 rings (SSSR count). The topological polar surface area (TPSA) is 92.2 Å². The van der Waals surface area contributed by atoms with Gasteiger partial charge in [-0.1, -0.05) is 72.8 Å². The molecule has 0 spiro atoms. The first kappa shape index (κ1) is 31.3. The van der Waals surface area contributed by atoms with Gasteiger partial charge >= 0.3 is 0 Å². The molecule has 228 valence electrons. The highest BCUT2D eigenvalue weighted by atomic mass is 32.2. The largest absolute Gasteiger partial charge is 0.494 e. The average Bonchev–Trinajstić information content (AvgIpc) is 3.45. The van der Waals surface area contributed by atoms with E-state index in [0.717, 1.165) is 33.8 Å². The SMILES string of the molecule is O=C(NNCCSCc1ccc(F)cc1)[C@@]1(Cc2ccccc2)N=C(c2ccc(OCCCO)cc2)O[C@H]1c1ccccc1. The van der Waals surface area contributed by atoms with Gasteiger partial charge in [0.15, 0.2) is 11.6 Å². The van der Waals surface area contributed by atoms with Crippen molar-refractivity contribution in [3.8, 4) is 5.75 Å². The number of hydrazine groups is 1. The average molecular weight is 614 g/mol. The normalized spacial score (nSPS) is 17.5. The van der Waals surface area contributed by atoms with Crippen LogP contribution in [0.2, 0.25) is 0 Å². The number of rotatable bonds is 15. The number of aliphatic hydroxyl groups is 1. The van der Waals surface area contributed by atoms with Crippen LogP contribution in [0.3, 0.4) is 0 Å². The molecule has 0 saturated carbocycles. The molecule has 0 aliphatic carbocycles. The number of halogens is 1. The fourth-order valence-corrected chi connectivity index (χ4v) is 5.78. The lowest BCUT2D eigenvalue weighted by atomic mass is 9.82. The molecule has 9 heteroatoms. The summed E-state index contributed by atoms with van der Waals surface area (Å²) < 4.78 is 25.4. The van der Waals surface area contributed by atoms with Crippen LogP contribution in [0.1, 0.15) is 34.8 Å². The van der Waals surface area contributed by atoms with Gasteiger partial charge in [0.2, 0.25) is 5.90 Å². The molecule has 0 saturated heterocycles. The summed E-state index contributed by atoms with van der Waals surface area (Å²) in [6, 6.07) is 33.4. The van der Waals surface area contributed by atoms with E-state index in [0.29, 0.717) is 37.6 Å². The number of benzene rings is 4. The van der Waals surface area contributed by atoms with Crippen LogP contribution in [0.25, 0.3) is 0 Å². The molecule has 1 aliphatic heterocycles. The molecule has 0 unspecified atom stereocenters. The minimum absolute atomic E-state index is 0.0683. The van der Waals surface area contributed by atoms with Gasteiger partial charge in [0.1, 0.15) is 11.6 Å². The van der Waals surface area contributed by atoms with Crippen molar-refractivity contribution in [2.75, 3.05) is 25.5 Å². The van der Waals surface area contributed by atoms with Crippen LogP contribution < -0.4 is 15.6 Å². The predicted octanol–water partition coefficient (Wildman–Crippen LogP) is 5.64. The smallest absolute Gasteiger partial charge is 0.266 e. The van der Waals surface area contributed by atoms with Gasteiger partial charge in [0.25, 0.3) is 5.91 Å². The van der Waals surface area contributed by atoms with E-state index in [1.165, 1.54) is 12.1 Å². The maximum absolute atomic E-state index is 14.2. The number of ether oxygens (including phenoxy) is 2. The van der Waals surface area contributed by atoms with E-state index in [1.54, 1.807) is 23.9 Å². The fraction of sp³-hybridized carbons (Fsp3) is 0.257. The number of hydrogen-bond acceptors (Lipinski definition) is 7. The Morgan fingerprint density at radius 2 is 1.64 bits per heavy atom. The van der Waals surface area contributed by atoms with E-state index in [1.807, 2.05) is 84.9 Å². The Morgan fingerprint density at radius 1 is 0.932 bits per heavy atom.